The van der Waals surface area contributed by atoms with Crippen molar-refractivity contribution in [2.75, 3.05) is 6.54 Å². The third kappa shape index (κ3) is 3.99. The Balaban J connectivity index is 2.64. The van der Waals surface area contributed by atoms with E-state index in [1.807, 2.05) is 0 Å². The Kier molecular flexibility index (Phi) is 4.74. The minimum atomic E-state index is -3.77. The van der Waals surface area contributed by atoms with Crippen molar-refractivity contribution in [2.45, 2.75) is 6.92 Å². The maximum absolute atomic E-state index is 11.7. The second-order valence-corrected chi connectivity index (χ2v) is 4.02. The molecule has 84 valence electrons. The van der Waals surface area contributed by atoms with Crippen LogP contribution in [0.2, 0.25) is 0 Å². The summed E-state index contributed by atoms with van der Waals surface area (Å²) in [6.07, 6.45) is 0. The molecular formula is C8H13N2O4P. The number of para-hydroxylation sites is 1. The second-order valence-electron chi connectivity index (χ2n) is 2.55. The van der Waals surface area contributed by atoms with Gasteiger partial charge in [0.15, 0.2) is 0 Å². The Bertz CT molecular complexity index is 333. The lowest BCUT2D eigenvalue weighted by atomic mass is 10.3. The van der Waals surface area contributed by atoms with Crippen molar-refractivity contribution in [3.8, 4) is 5.75 Å². The van der Waals surface area contributed by atoms with Crippen molar-refractivity contribution in [3.63, 3.8) is 0 Å². The highest BCUT2D eigenvalue weighted by Crippen LogP contribution is 2.46. The fourth-order valence-corrected chi connectivity index (χ4v) is 1.61. The number of nitrogens with two attached hydrogens (primary N) is 1. The van der Waals surface area contributed by atoms with E-state index in [1.54, 1.807) is 37.3 Å². The predicted molar refractivity (Wildman–Crippen MR) is 54.7 cm³/mol. The summed E-state index contributed by atoms with van der Waals surface area (Å²) in [5, 5.41) is 0. The number of hydroxylamine groups is 1. The first-order valence-corrected chi connectivity index (χ1v) is 5.81. The van der Waals surface area contributed by atoms with Gasteiger partial charge < -0.3 is 4.52 Å². The Labute approximate surface area is 87.8 Å². The van der Waals surface area contributed by atoms with E-state index in [0.717, 1.165) is 0 Å². The largest absolute Gasteiger partial charge is 0.563 e. The highest BCUT2D eigenvalue weighted by molar-refractivity contribution is 7.48. The molecule has 3 N–H and O–H groups in total. The van der Waals surface area contributed by atoms with Crippen molar-refractivity contribution in [1.82, 2.24) is 5.48 Å². The molecule has 1 aromatic rings. The molecule has 0 radical (unpaired) electrons. The summed E-state index contributed by atoms with van der Waals surface area (Å²) in [7, 11) is -3.77. The van der Waals surface area contributed by atoms with E-state index >= 15 is 0 Å². The van der Waals surface area contributed by atoms with Gasteiger partial charge in [-0.3, -0.25) is 0 Å². The van der Waals surface area contributed by atoms with Gasteiger partial charge in [-0.1, -0.05) is 25.1 Å². The van der Waals surface area contributed by atoms with Gasteiger partial charge in [0.25, 0.3) is 0 Å². The molecule has 0 bridgehead atoms. The molecule has 1 aromatic carbocycles. The second kappa shape index (κ2) is 5.85. The monoisotopic (exact) mass is 232 g/mol. The summed E-state index contributed by atoms with van der Waals surface area (Å²) >= 11 is 0. The SMILES string of the molecule is CCNOP(=O)(ON)Oc1ccccc1. The molecule has 6 nitrogen and oxygen atoms in total. The summed E-state index contributed by atoms with van der Waals surface area (Å²) < 4.78 is 25.5. The van der Waals surface area contributed by atoms with Gasteiger partial charge in [-0.15, -0.1) is 0 Å². The van der Waals surface area contributed by atoms with Gasteiger partial charge in [0.05, 0.1) is 0 Å². The molecule has 0 saturated carbocycles. The van der Waals surface area contributed by atoms with Crippen LogP contribution >= 0.6 is 7.82 Å². The van der Waals surface area contributed by atoms with Crippen LogP contribution in [-0.2, 0) is 13.8 Å². The standard InChI is InChI=1S/C8H13N2O4P/c1-2-10-14-15(11,13-9)12-8-6-4-3-5-7-8/h3-7,10H,2,9H2,1H3. The van der Waals surface area contributed by atoms with Crippen LogP contribution in [0.5, 0.6) is 5.75 Å². The average Bonchev–Trinajstić information content (AvgIpc) is 2.28. The van der Waals surface area contributed by atoms with E-state index in [-0.39, 0.29) is 0 Å². The van der Waals surface area contributed by atoms with Crippen LogP contribution in [-0.4, -0.2) is 6.54 Å². The van der Waals surface area contributed by atoms with E-state index in [4.69, 9.17) is 10.4 Å². The summed E-state index contributed by atoms with van der Waals surface area (Å²) in [4.78, 5) is 0. The quantitative estimate of drug-likeness (QED) is 0.572. The van der Waals surface area contributed by atoms with Crippen molar-refractivity contribution < 1.29 is 18.3 Å². The molecule has 1 unspecified atom stereocenters. The minimum Gasteiger partial charge on any atom is -0.402 e. The van der Waals surface area contributed by atoms with Gasteiger partial charge in [0, 0.05) is 6.54 Å². The first kappa shape index (κ1) is 12.2. The van der Waals surface area contributed by atoms with E-state index in [0.29, 0.717) is 12.3 Å². The zero-order chi connectivity index (χ0) is 11.1. The van der Waals surface area contributed by atoms with Crippen LogP contribution in [0.1, 0.15) is 6.92 Å². The highest BCUT2D eigenvalue weighted by Gasteiger charge is 2.28. The zero-order valence-electron chi connectivity index (χ0n) is 8.25. The molecule has 0 aromatic heterocycles. The van der Waals surface area contributed by atoms with Crippen LogP contribution < -0.4 is 15.9 Å². The van der Waals surface area contributed by atoms with Crippen LogP contribution in [0.25, 0.3) is 0 Å². The molecule has 0 spiro atoms. The smallest absolute Gasteiger partial charge is 0.402 e. The molecule has 0 heterocycles. The lowest BCUT2D eigenvalue weighted by molar-refractivity contribution is 0.105. The summed E-state index contributed by atoms with van der Waals surface area (Å²) in [6, 6.07) is 8.47. The number of hydrogen-bond donors (Lipinski definition) is 2. The zero-order valence-corrected chi connectivity index (χ0v) is 9.15. The van der Waals surface area contributed by atoms with Crippen LogP contribution in [0.15, 0.2) is 30.3 Å². The molecule has 7 heteroatoms. The number of nitrogens with one attached hydrogen (secondary N) is 1. The predicted octanol–water partition coefficient (Wildman–Crippen LogP) is 1.60. The van der Waals surface area contributed by atoms with Crippen LogP contribution in [0, 0.1) is 0 Å². The Hall–Kier alpha value is -0.910. The summed E-state index contributed by atoms with van der Waals surface area (Å²) in [6.45, 7) is 2.22. The topological polar surface area (TPSA) is 82.8 Å². The highest BCUT2D eigenvalue weighted by atomic mass is 31.2. The first-order valence-electron chi connectivity index (χ1n) is 4.35. The Morgan fingerprint density at radius 1 is 1.40 bits per heavy atom. The number of phosphoric acid groups is 1. The normalized spacial score (nSPS) is 14.5. The van der Waals surface area contributed by atoms with Gasteiger partial charge in [-0.05, 0) is 12.1 Å². The minimum absolute atomic E-state index is 0.351. The molecule has 1 atom stereocenters. The molecular weight excluding hydrogens is 219 g/mol. The molecule has 0 saturated heterocycles. The molecule has 0 aliphatic rings. The number of rotatable bonds is 6. The fourth-order valence-electron chi connectivity index (χ4n) is 0.816. The first-order chi connectivity index (χ1) is 7.20. The van der Waals surface area contributed by atoms with E-state index in [2.05, 4.69) is 14.7 Å². The molecule has 0 aliphatic heterocycles. The van der Waals surface area contributed by atoms with Gasteiger partial charge in [0.1, 0.15) is 5.75 Å². The van der Waals surface area contributed by atoms with Gasteiger partial charge in [-0.25, -0.2) is 10.5 Å². The Morgan fingerprint density at radius 3 is 2.60 bits per heavy atom. The van der Waals surface area contributed by atoms with E-state index in [1.165, 1.54) is 0 Å². The molecule has 15 heavy (non-hydrogen) atoms. The van der Waals surface area contributed by atoms with Crippen molar-refractivity contribution in [1.29, 1.82) is 0 Å². The van der Waals surface area contributed by atoms with Gasteiger partial charge in [0.2, 0.25) is 0 Å². The van der Waals surface area contributed by atoms with E-state index in [9.17, 15) is 4.57 Å². The van der Waals surface area contributed by atoms with Gasteiger partial charge in [-0.2, -0.15) is 14.7 Å². The maximum Gasteiger partial charge on any atom is 0.563 e. The van der Waals surface area contributed by atoms with Crippen LogP contribution in [0.4, 0.5) is 0 Å². The Morgan fingerprint density at radius 2 is 2.07 bits per heavy atom. The average molecular weight is 232 g/mol. The molecule has 0 aliphatic carbocycles. The summed E-state index contributed by atoms with van der Waals surface area (Å²) in [5.74, 6) is 5.19. The molecule has 1 rings (SSSR count). The third-order valence-corrected chi connectivity index (χ3v) is 2.46. The number of hydrogen-bond acceptors (Lipinski definition) is 6. The lowest BCUT2D eigenvalue weighted by Gasteiger charge is -2.14. The van der Waals surface area contributed by atoms with Crippen molar-refractivity contribution in [2.24, 2.45) is 5.90 Å². The van der Waals surface area contributed by atoms with Gasteiger partial charge >= 0.3 is 7.82 Å². The van der Waals surface area contributed by atoms with Crippen molar-refractivity contribution in [3.05, 3.63) is 30.3 Å². The fraction of sp³-hybridized carbons (Fsp3) is 0.250. The number of benzene rings is 1. The molecule has 0 amide bonds. The lowest BCUT2D eigenvalue weighted by Crippen LogP contribution is -2.17. The summed E-state index contributed by atoms with van der Waals surface area (Å²) in [5.41, 5.74) is 2.37. The third-order valence-electron chi connectivity index (χ3n) is 1.41. The molecule has 0 fully saturated rings. The maximum atomic E-state index is 11.7. The van der Waals surface area contributed by atoms with Crippen LogP contribution in [0.3, 0.4) is 0 Å². The van der Waals surface area contributed by atoms with Crippen molar-refractivity contribution >= 4 is 7.82 Å². The van der Waals surface area contributed by atoms with E-state index < -0.39 is 7.82 Å².